The van der Waals surface area contributed by atoms with E-state index in [1.807, 2.05) is 12.1 Å². The second-order valence-corrected chi connectivity index (χ2v) is 20.0. The Balaban J connectivity index is 0.000000201. The second kappa shape index (κ2) is 19.5. The van der Waals surface area contributed by atoms with E-state index in [-0.39, 0.29) is 47.3 Å². The summed E-state index contributed by atoms with van der Waals surface area (Å²) in [5, 5.41) is 0. The van der Waals surface area contributed by atoms with Crippen LogP contribution in [0.25, 0.3) is 22.1 Å². The third-order valence-electron chi connectivity index (χ3n) is 12.9. The molecule has 2 heterocycles. The number of carbonyl (C=O) groups is 2. The van der Waals surface area contributed by atoms with Gasteiger partial charge in [0, 0.05) is 36.1 Å². The molecule has 0 bridgehead atoms. The minimum atomic E-state index is -4.78. The van der Waals surface area contributed by atoms with Crippen LogP contribution in [0.3, 0.4) is 0 Å². The van der Waals surface area contributed by atoms with E-state index in [0.717, 1.165) is 49.6 Å². The van der Waals surface area contributed by atoms with Crippen LogP contribution >= 0.6 is 0 Å². The molecule has 4 atom stereocenters. The molecule has 2 fully saturated rings. The summed E-state index contributed by atoms with van der Waals surface area (Å²) in [6, 6.07) is 23.0. The van der Waals surface area contributed by atoms with Crippen molar-refractivity contribution < 1.29 is 54.9 Å². The van der Waals surface area contributed by atoms with E-state index in [1.165, 1.54) is 38.5 Å². The van der Waals surface area contributed by atoms with Crippen LogP contribution < -0.4 is 9.47 Å². The molecule has 8 rings (SSSR count). The molecule has 0 amide bonds. The monoisotopic (exact) mass is 948 g/mol. The van der Waals surface area contributed by atoms with Gasteiger partial charge in [-0.1, -0.05) is 77.9 Å². The first kappa shape index (κ1) is 49.8. The van der Waals surface area contributed by atoms with Crippen molar-refractivity contribution in [1.82, 2.24) is 19.1 Å². The molecule has 0 saturated heterocycles. The van der Waals surface area contributed by atoms with E-state index in [1.54, 1.807) is 48.5 Å². The lowest BCUT2D eigenvalue weighted by Gasteiger charge is -2.40. The number of hydrogen-bond acceptors (Lipinski definition) is 8. The Bertz CT molecular complexity index is 2590. The maximum atomic E-state index is 13.0. The highest BCUT2D eigenvalue weighted by Crippen LogP contribution is 2.47. The first-order valence-corrected chi connectivity index (χ1v) is 22.8. The number of alkyl halides is 6. The van der Waals surface area contributed by atoms with Crippen LogP contribution in [0.5, 0.6) is 11.5 Å². The van der Waals surface area contributed by atoms with Gasteiger partial charge in [0.15, 0.2) is 0 Å². The van der Waals surface area contributed by atoms with Crippen molar-refractivity contribution in [3.63, 3.8) is 0 Å². The minimum absolute atomic E-state index is 0.124. The Hall–Kier alpha value is -6.06. The highest BCUT2D eigenvalue weighted by Gasteiger charge is 2.38. The molecule has 2 saturated carbocycles. The number of para-hydroxylation sites is 2. The third kappa shape index (κ3) is 12.0. The Morgan fingerprint density at radius 1 is 0.588 bits per heavy atom. The average molecular weight is 949 g/mol. The van der Waals surface area contributed by atoms with Crippen LogP contribution in [-0.4, -0.2) is 58.0 Å². The van der Waals surface area contributed by atoms with Crippen LogP contribution in [0.15, 0.2) is 84.9 Å². The summed E-state index contributed by atoms with van der Waals surface area (Å²) < 4.78 is 101. The van der Waals surface area contributed by atoms with Gasteiger partial charge in [0.05, 0.1) is 47.4 Å². The van der Waals surface area contributed by atoms with Crippen LogP contribution in [0, 0.1) is 22.7 Å². The smallest absolute Gasteiger partial charge is 0.465 e. The number of esters is 2. The van der Waals surface area contributed by atoms with Crippen molar-refractivity contribution in [2.24, 2.45) is 22.7 Å². The molecular formula is C52H58F6N4O6. The van der Waals surface area contributed by atoms with Crippen molar-refractivity contribution >= 4 is 34.0 Å². The zero-order valence-corrected chi connectivity index (χ0v) is 39.6. The predicted octanol–water partition coefficient (Wildman–Crippen LogP) is 13.4. The van der Waals surface area contributed by atoms with Gasteiger partial charge in [0.25, 0.3) is 0 Å². The first-order chi connectivity index (χ1) is 31.9. The van der Waals surface area contributed by atoms with Gasteiger partial charge in [-0.15, -0.1) is 26.3 Å². The van der Waals surface area contributed by atoms with Gasteiger partial charge >= 0.3 is 24.7 Å². The van der Waals surface area contributed by atoms with E-state index >= 15 is 0 Å². The molecule has 16 heteroatoms. The molecule has 0 unspecified atom stereocenters. The SMILES string of the molecule is COC(=O)c1ccc2c(c1)nc(Cc1ccccc1OC(F)(F)F)n2[C@@H]1C[C@H](C)CC(C)(C)C1.COC(=O)c1ccc2c(c1)nc(Cc1ccccc1OC(F)(F)F)n2[C@H]1C[C@@H](C)CC(C)(C)C1. The zero-order valence-electron chi connectivity index (χ0n) is 39.6. The Labute approximate surface area is 391 Å². The lowest BCUT2D eigenvalue weighted by atomic mass is 9.70. The second-order valence-electron chi connectivity index (χ2n) is 20.0. The summed E-state index contributed by atoms with van der Waals surface area (Å²) in [4.78, 5) is 33.7. The van der Waals surface area contributed by atoms with E-state index in [9.17, 15) is 35.9 Å². The summed E-state index contributed by atoms with van der Waals surface area (Å²) in [7, 11) is 2.64. The number of hydrogen-bond donors (Lipinski definition) is 0. The number of benzene rings is 4. The molecule has 4 aromatic carbocycles. The highest BCUT2D eigenvalue weighted by molar-refractivity contribution is 5.94. The molecule has 6 aromatic rings. The maximum Gasteiger partial charge on any atom is 0.573 e. The van der Waals surface area contributed by atoms with Crippen LogP contribution in [0.4, 0.5) is 26.3 Å². The average Bonchev–Trinajstić information content (AvgIpc) is 3.79. The molecule has 2 aliphatic rings. The molecule has 2 aliphatic carbocycles. The Morgan fingerprint density at radius 2 is 0.956 bits per heavy atom. The zero-order chi connectivity index (χ0) is 49.3. The van der Waals surface area contributed by atoms with Crippen LogP contribution in [0.1, 0.15) is 136 Å². The van der Waals surface area contributed by atoms with E-state index < -0.39 is 24.7 Å². The molecule has 10 nitrogen and oxygen atoms in total. The molecule has 0 N–H and O–H groups in total. The number of imidazole rings is 2. The molecule has 0 radical (unpaired) electrons. The fourth-order valence-corrected chi connectivity index (χ4v) is 10.9. The van der Waals surface area contributed by atoms with Gasteiger partial charge in [-0.25, -0.2) is 19.6 Å². The van der Waals surface area contributed by atoms with E-state index in [4.69, 9.17) is 19.4 Å². The number of aromatic nitrogens is 4. The number of carbonyl (C=O) groups excluding carboxylic acids is 2. The van der Waals surface area contributed by atoms with Crippen LogP contribution in [0.2, 0.25) is 0 Å². The topological polar surface area (TPSA) is 107 Å². The molecule has 0 aliphatic heterocycles. The number of nitrogens with zero attached hydrogens (tertiary/aromatic N) is 4. The lowest BCUT2D eigenvalue weighted by molar-refractivity contribution is -0.275. The third-order valence-corrected chi connectivity index (χ3v) is 12.9. The molecule has 0 spiro atoms. The Morgan fingerprint density at radius 3 is 1.29 bits per heavy atom. The number of halogens is 6. The van der Waals surface area contributed by atoms with Crippen molar-refractivity contribution in [2.75, 3.05) is 14.2 Å². The van der Waals surface area contributed by atoms with Gasteiger partial charge in [-0.05, 0) is 110 Å². The summed E-state index contributed by atoms with van der Waals surface area (Å²) in [5.41, 5.74) is 4.73. The normalized spacial score (nSPS) is 20.3. The summed E-state index contributed by atoms with van der Waals surface area (Å²) in [6.07, 6.45) is -3.27. The van der Waals surface area contributed by atoms with E-state index in [2.05, 4.69) is 60.2 Å². The maximum absolute atomic E-state index is 13.0. The molecular weight excluding hydrogens is 891 g/mol. The fraction of sp³-hybridized carbons (Fsp3) is 0.462. The largest absolute Gasteiger partial charge is 0.573 e. The lowest BCUT2D eigenvalue weighted by Crippen LogP contribution is -2.30. The fourth-order valence-electron chi connectivity index (χ4n) is 10.9. The van der Waals surface area contributed by atoms with Gasteiger partial charge < -0.3 is 28.1 Å². The van der Waals surface area contributed by atoms with Crippen LogP contribution in [-0.2, 0) is 22.3 Å². The van der Waals surface area contributed by atoms with Gasteiger partial charge in [0.2, 0.25) is 0 Å². The first-order valence-electron chi connectivity index (χ1n) is 22.8. The summed E-state index contributed by atoms with van der Waals surface area (Å²) in [6.45, 7) is 13.4. The summed E-state index contributed by atoms with van der Waals surface area (Å²) >= 11 is 0. The highest BCUT2D eigenvalue weighted by atomic mass is 19.4. The minimum Gasteiger partial charge on any atom is -0.465 e. The number of rotatable bonds is 10. The molecule has 2 aromatic heterocycles. The molecule has 364 valence electrons. The van der Waals surface area contributed by atoms with Gasteiger partial charge in [-0.3, -0.25) is 0 Å². The van der Waals surface area contributed by atoms with Crippen molar-refractivity contribution in [3.05, 3.63) is 119 Å². The predicted molar refractivity (Wildman–Crippen MR) is 246 cm³/mol. The number of ether oxygens (including phenoxy) is 4. The van der Waals surface area contributed by atoms with Crippen molar-refractivity contribution in [1.29, 1.82) is 0 Å². The number of methoxy groups -OCH3 is 2. The Kier molecular flexibility index (Phi) is 14.3. The quantitative estimate of drug-likeness (QED) is 0.0987. The standard InChI is InChI=1S/2C26H29F3N2O3/c2*1-16-11-19(15-25(2,3)14-16)31-21-10-9-18(24(32)33-4)12-20(21)30-23(31)13-17-7-5-6-8-22(17)34-26(27,28)29/h2*5-10,12,16,19H,11,13-15H2,1-4H3/t2*16-,19+/m10/s1. The van der Waals surface area contributed by atoms with Crippen molar-refractivity contribution in [3.8, 4) is 11.5 Å². The van der Waals surface area contributed by atoms with Gasteiger partial charge in [-0.2, -0.15) is 0 Å². The van der Waals surface area contributed by atoms with Crippen molar-refractivity contribution in [2.45, 2.75) is 118 Å². The number of fused-ring (bicyclic) bond motifs is 2. The van der Waals surface area contributed by atoms with E-state index in [0.29, 0.717) is 56.8 Å². The molecule has 68 heavy (non-hydrogen) atoms. The summed E-state index contributed by atoms with van der Waals surface area (Å²) in [5.74, 6) is 0.879. The van der Waals surface area contributed by atoms with Gasteiger partial charge in [0.1, 0.15) is 23.1 Å².